The summed E-state index contributed by atoms with van der Waals surface area (Å²) in [6.45, 7) is 5.83. The second kappa shape index (κ2) is 5.45. The van der Waals surface area contributed by atoms with Gasteiger partial charge in [-0.2, -0.15) is 0 Å². The van der Waals surface area contributed by atoms with Crippen LogP contribution in [0.5, 0.6) is 5.75 Å². The smallest absolute Gasteiger partial charge is 0.127 e. The van der Waals surface area contributed by atoms with Gasteiger partial charge in [0.2, 0.25) is 0 Å². The van der Waals surface area contributed by atoms with Crippen molar-refractivity contribution in [2.75, 3.05) is 5.73 Å². The molecule has 0 bridgehead atoms. The van der Waals surface area contributed by atoms with Gasteiger partial charge in [0, 0.05) is 23.0 Å². The van der Waals surface area contributed by atoms with Crippen molar-refractivity contribution in [1.82, 2.24) is 0 Å². The number of hydrogen-bond donors (Lipinski definition) is 3. The van der Waals surface area contributed by atoms with Gasteiger partial charge in [0.05, 0.1) is 0 Å². The molecule has 0 saturated heterocycles. The maximum Gasteiger partial charge on any atom is 0.127 e. The van der Waals surface area contributed by atoms with E-state index in [-0.39, 0.29) is 5.75 Å². The third kappa shape index (κ3) is 2.92. The van der Waals surface area contributed by atoms with Gasteiger partial charge in [-0.15, -0.1) is 0 Å². The molecule has 1 aromatic carbocycles. The van der Waals surface area contributed by atoms with Gasteiger partial charge in [0.1, 0.15) is 5.75 Å². The van der Waals surface area contributed by atoms with Crippen LogP contribution in [0.3, 0.4) is 0 Å². The number of hydrogen-bond acceptors (Lipinski definition) is 3. The summed E-state index contributed by atoms with van der Waals surface area (Å²) >= 11 is 0. The summed E-state index contributed by atoms with van der Waals surface area (Å²) < 4.78 is 0. The number of rotatable bonds is 5. The molecule has 3 nitrogen and oxygen atoms in total. The molecule has 3 heteroatoms. The van der Waals surface area contributed by atoms with Crippen LogP contribution in [0, 0.1) is 0 Å². The molecule has 0 radical (unpaired) electrons. The Hall–Kier alpha value is -1.64. The van der Waals surface area contributed by atoms with Crippen LogP contribution < -0.4 is 11.5 Å². The number of phenolic OH excluding ortho intramolecular Hbond substituents is 1. The molecule has 0 spiro atoms. The lowest BCUT2D eigenvalue weighted by Crippen LogP contribution is -2.02. The minimum atomic E-state index is 0.124. The van der Waals surface area contributed by atoms with Crippen molar-refractivity contribution >= 4 is 11.4 Å². The van der Waals surface area contributed by atoms with E-state index in [1.54, 1.807) is 0 Å². The molecule has 0 fully saturated rings. The van der Waals surface area contributed by atoms with Crippen molar-refractivity contribution in [3.63, 3.8) is 0 Å². The van der Waals surface area contributed by atoms with E-state index in [1.165, 1.54) is 6.07 Å². The van der Waals surface area contributed by atoms with E-state index in [0.717, 1.165) is 31.2 Å². The zero-order valence-corrected chi connectivity index (χ0v) is 9.79. The third-order valence-electron chi connectivity index (χ3n) is 2.59. The van der Waals surface area contributed by atoms with Gasteiger partial charge in [0.25, 0.3) is 0 Å². The number of benzene rings is 1. The summed E-state index contributed by atoms with van der Waals surface area (Å²) in [5.41, 5.74) is 14.0. The zero-order valence-electron chi connectivity index (χ0n) is 9.79. The molecule has 5 N–H and O–H groups in total. The molecule has 0 aromatic heterocycles. The van der Waals surface area contributed by atoms with Crippen LogP contribution in [0.2, 0.25) is 0 Å². The highest BCUT2D eigenvalue weighted by Gasteiger charge is 2.10. The fourth-order valence-electron chi connectivity index (χ4n) is 1.84. The van der Waals surface area contributed by atoms with Crippen molar-refractivity contribution < 1.29 is 5.11 Å². The first-order valence-electron chi connectivity index (χ1n) is 5.62. The van der Waals surface area contributed by atoms with Gasteiger partial charge in [-0.25, -0.2) is 0 Å². The number of unbranched alkanes of at least 4 members (excludes halogenated alkanes) is 2. The molecule has 0 atom stereocenters. The van der Waals surface area contributed by atoms with Gasteiger partial charge in [0.15, 0.2) is 0 Å². The first-order chi connectivity index (χ1) is 7.56. The molecular weight excluding hydrogens is 200 g/mol. The van der Waals surface area contributed by atoms with Crippen molar-refractivity contribution in [2.45, 2.75) is 32.6 Å². The topological polar surface area (TPSA) is 72.3 Å². The summed E-state index contributed by atoms with van der Waals surface area (Å²) in [6, 6.07) is 3.37. The van der Waals surface area contributed by atoms with Crippen LogP contribution in [-0.2, 0) is 6.42 Å². The number of phenols is 1. The minimum absolute atomic E-state index is 0.124. The lowest BCUT2D eigenvalue weighted by atomic mass is 9.98. The van der Waals surface area contributed by atoms with E-state index in [1.807, 2.05) is 6.07 Å². The van der Waals surface area contributed by atoms with Gasteiger partial charge in [-0.1, -0.05) is 26.3 Å². The lowest BCUT2D eigenvalue weighted by molar-refractivity contribution is 0.473. The minimum Gasteiger partial charge on any atom is -0.507 e. The molecule has 0 aliphatic heterocycles. The number of nitrogen functional groups attached to an aromatic ring is 1. The summed E-state index contributed by atoms with van der Waals surface area (Å²) in [4.78, 5) is 0. The van der Waals surface area contributed by atoms with Crippen molar-refractivity contribution in [3.8, 4) is 5.75 Å². The SMILES string of the molecule is C=C(N)c1c(O)cc(N)cc1CCCCC. The maximum atomic E-state index is 9.78. The molecule has 1 rings (SSSR count). The standard InChI is InChI=1S/C13H20N2O/c1-3-4-5-6-10-7-11(15)8-12(16)13(10)9(2)14/h7-8,16H,2-6,14-15H2,1H3. The highest BCUT2D eigenvalue weighted by atomic mass is 16.3. The van der Waals surface area contributed by atoms with E-state index < -0.39 is 0 Å². The first-order valence-corrected chi connectivity index (χ1v) is 5.62. The van der Waals surface area contributed by atoms with Crippen molar-refractivity contribution in [2.24, 2.45) is 5.73 Å². The van der Waals surface area contributed by atoms with E-state index in [9.17, 15) is 5.11 Å². The number of anilines is 1. The van der Waals surface area contributed by atoms with Crippen LogP contribution in [0.4, 0.5) is 5.69 Å². The quantitative estimate of drug-likeness (QED) is 0.527. The largest absolute Gasteiger partial charge is 0.507 e. The van der Waals surface area contributed by atoms with E-state index in [4.69, 9.17) is 11.5 Å². The van der Waals surface area contributed by atoms with Crippen molar-refractivity contribution in [3.05, 3.63) is 29.8 Å². The number of aryl methyl sites for hydroxylation is 1. The van der Waals surface area contributed by atoms with E-state index in [2.05, 4.69) is 13.5 Å². The molecule has 0 aliphatic rings. The van der Waals surface area contributed by atoms with Gasteiger partial charge in [-0.05, 0) is 24.5 Å². The molecule has 88 valence electrons. The Bertz CT molecular complexity index is 386. The fourth-order valence-corrected chi connectivity index (χ4v) is 1.84. The Balaban J connectivity index is 2.99. The van der Waals surface area contributed by atoms with Crippen LogP contribution in [0.25, 0.3) is 5.70 Å². The predicted molar refractivity (Wildman–Crippen MR) is 69.0 cm³/mol. The Morgan fingerprint density at radius 3 is 2.62 bits per heavy atom. The highest BCUT2D eigenvalue weighted by Crippen LogP contribution is 2.29. The van der Waals surface area contributed by atoms with E-state index >= 15 is 0 Å². The molecular formula is C13H20N2O. The van der Waals surface area contributed by atoms with Crippen LogP contribution >= 0.6 is 0 Å². The predicted octanol–water partition coefficient (Wildman–Crippen LogP) is 2.64. The Morgan fingerprint density at radius 1 is 1.38 bits per heavy atom. The fraction of sp³-hybridized carbons (Fsp3) is 0.385. The second-order valence-corrected chi connectivity index (χ2v) is 4.06. The van der Waals surface area contributed by atoms with Crippen LogP contribution in [0.15, 0.2) is 18.7 Å². The van der Waals surface area contributed by atoms with Crippen LogP contribution in [0.1, 0.15) is 37.3 Å². The highest BCUT2D eigenvalue weighted by molar-refractivity contribution is 5.72. The monoisotopic (exact) mass is 220 g/mol. The number of nitrogens with two attached hydrogens (primary N) is 2. The molecule has 0 saturated carbocycles. The average Bonchev–Trinajstić information content (AvgIpc) is 2.16. The van der Waals surface area contributed by atoms with Gasteiger partial charge in [-0.3, -0.25) is 0 Å². The molecule has 0 unspecified atom stereocenters. The Kier molecular flexibility index (Phi) is 4.23. The summed E-state index contributed by atoms with van der Waals surface area (Å²) in [5, 5.41) is 9.78. The maximum absolute atomic E-state index is 9.78. The lowest BCUT2D eigenvalue weighted by Gasteiger charge is -2.12. The normalized spacial score (nSPS) is 10.3. The van der Waals surface area contributed by atoms with E-state index in [0.29, 0.717) is 16.9 Å². The third-order valence-corrected chi connectivity index (χ3v) is 2.59. The second-order valence-electron chi connectivity index (χ2n) is 4.06. The summed E-state index contributed by atoms with van der Waals surface area (Å²) in [6.07, 6.45) is 4.26. The molecule has 0 aliphatic carbocycles. The van der Waals surface area contributed by atoms with Crippen molar-refractivity contribution in [1.29, 1.82) is 0 Å². The Labute approximate surface area is 96.8 Å². The molecule has 1 aromatic rings. The summed E-state index contributed by atoms with van der Waals surface area (Å²) in [7, 11) is 0. The van der Waals surface area contributed by atoms with Crippen LogP contribution in [-0.4, -0.2) is 5.11 Å². The molecule has 16 heavy (non-hydrogen) atoms. The molecule has 0 heterocycles. The number of aromatic hydroxyl groups is 1. The average molecular weight is 220 g/mol. The first kappa shape index (κ1) is 12.4. The summed E-state index contributed by atoms with van der Waals surface area (Å²) in [5.74, 6) is 0.124. The van der Waals surface area contributed by atoms with Gasteiger partial charge < -0.3 is 16.6 Å². The van der Waals surface area contributed by atoms with Gasteiger partial charge >= 0.3 is 0 Å². The zero-order chi connectivity index (χ0) is 12.1. The Morgan fingerprint density at radius 2 is 2.06 bits per heavy atom. The molecule has 0 amide bonds.